The normalized spacial score (nSPS) is 10.3. The molecule has 110 valence electrons. The molecular weight excluding hydrogens is 258 g/mol. The third-order valence-corrected chi connectivity index (χ3v) is 2.69. The predicted octanol–water partition coefficient (Wildman–Crippen LogP) is 1.14. The Morgan fingerprint density at radius 1 is 1.25 bits per heavy atom. The molecule has 0 aliphatic carbocycles. The van der Waals surface area contributed by atoms with Gasteiger partial charge in [-0.1, -0.05) is 12.1 Å². The van der Waals surface area contributed by atoms with Crippen molar-refractivity contribution in [2.45, 2.75) is 13.0 Å². The van der Waals surface area contributed by atoms with Crippen LogP contribution < -0.4 is 10.6 Å². The summed E-state index contributed by atoms with van der Waals surface area (Å²) < 4.78 is 0. The Hall–Kier alpha value is -2.08. The number of rotatable bonds is 7. The van der Waals surface area contributed by atoms with Gasteiger partial charge in [0, 0.05) is 13.1 Å². The predicted molar refractivity (Wildman–Crippen MR) is 76.8 cm³/mol. The summed E-state index contributed by atoms with van der Waals surface area (Å²) in [5, 5.41) is 14.3. The Balaban J connectivity index is 2.30. The number of amides is 2. The minimum Gasteiger partial charge on any atom is -0.478 e. The number of nitrogens with one attached hydrogen (secondary N) is 2. The van der Waals surface area contributed by atoms with Crippen LogP contribution in [-0.2, 0) is 6.54 Å². The molecule has 0 radical (unpaired) electrons. The Morgan fingerprint density at radius 2 is 2.00 bits per heavy atom. The molecule has 0 unspecified atom stereocenters. The molecule has 0 atom stereocenters. The molecule has 3 N–H and O–H groups in total. The van der Waals surface area contributed by atoms with Gasteiger partial charge in [0.15, 0.2) is 0 Å². The zero-order valence-electron chi connectivity index (χ0n) is 11.8. The van der Waals surface area contributed by atoms with Crippen LogP contribution in [-0.4, -0.2) is 49.2 Å². The zero-order valence-corrected chi connectivity index (χ0v) is 11.8. The maximum absolute atomic E-state index is 11.5. The van der Waals surface area contributed by atoms with Crippen molar-refractivity contribution in [1.29, 1.82) is 0 Å². The van der Waals surface area contributed by atoms with E-state index in [1.54, 1.807) is 18.2 Å². The van der Waals surface area contributed by atoms with Gasteiger partial charge >= 0.3 is 12.0 Å². The van der Waals surface area contributed by atoms with Crippen molar-refractivity contribution < 1.29 is 14.7 Å². The van der Waals surface area contributed by atoms with Gasteiger partial charge in [0.25, 0.3) is 0 Å². The average molecular weight is 279 g/mol. The maximum Gasteiger partial charge on any atom is 0.335 e. The van der Waals surface area contributed by atoms with Crippen LogP contribution in [0.2, 0.25) is 0 Å². The number of nitrogens with zero attached hydrogens (tertiary/aromatic N) is 1. The summed E-state index contributed by atoms with van der Waals surface area (Å²) in [7, 11) is 3.96. The minimum atomic E-state index is -0.972. The average Bonchev–Trinajstić information content (AvgIpc) is 2.41. The number of hydrogen-bond acceptors (Lipinski definition) is 3. The van der Waals surface area contributed by atoms with Crippen LogP contribution in [0.5, 0.6) is 0 Å². The SMILES string of the molecule is CN(C)CCCNC(=O)NCc1cccc(C(=O)O)c1. The van der Waals surface area contributed by atoms with Crippen LogP contribution in [0.1, 0.15) is 22.3 Å². The highest BCUT2D eigenvalue weighted by molar-refractivity contribution is 5.87. The smallest absolute Gasteiger partial charge is 0.335 e. The Bertz CT molecular complexity index is 461. The third-order valence-electron chi connectivity index (χ3n) is 2.69. The van der Waals surface area contributed by atoms with Crippen LogP contribution in [0.15, 0.2) is 24.3 Å². The molecule has 0 aromatic heterocycles. The maximum atomic E-state index is 11.5. The quantitative estimate of drug-likeness (QED) is 0.654. The van der Waals surface area contributed by atoms with Gasteiger partial charge in [0.2, 0.25) is 0 Å². The summed E-state index contributed by atoms with van der Waals surface area (Å²) in [5.41, 5.74) is 0.976. The second-order valence-corrected chi connectivity index (χ2v) is 4.77. The molecule has 0 spiro atoms. The lowest BCUT2D eigenvalue weighted by Crippen LogP contribution is -2.36. The summed E-state index contributed by atoms with van der Waals surface area (Å²) in [4.78, 5) is 24.4. The van der Waals surface area contributed by atoms with Gasteiger partial charge < -0.3 is 20.6 Å². The van der Waals surface area contributed by atoms with E-state index in [1.165, 1.54) is 6.07 Å². The lowest BCUT2D eigenvalue weighted by atomic mass is 10.1. The monoisotopic (exact) mass is 279 g/mol. The summed E-state index contributed by atoms with van der Waals surface area (Å²) in [6, 6.07) is 6.26. The Labute approximate surface area is 118 Å². The van der Waals surface area contributed by atoms with Crippen molar-refractivity contribution in [3.8, 4) is 0 Å². The van der Waals surface area contributed by atoms with Crippen molar-refractivity contribution in [3.05, 3.63) is 35.4 Å². The molecule has 1 rings (SSSR count). The second-order valence-electron chi connectivity index (χ2n) is 4.77. The van der Waals surface area contributed by atoms with E-state index in [4.69, 9.17) is 5.11 Å². The molecule has 0 heterocycles. The largest absolute Gasteiger partial charge is 0.478 e. The van der Waals surface area contributed by atoms with Gasteiger partial charge in [-0.25, -0.2) is 9.59 Å². The summed E-state index contributed by atoms with van der Waals surface area (Å²) in [5.74, 6) is -0.972. The van der Waals surface area contributed by atoms with Crippen molar-refractivity contribution >= 4 is 12.0 Å². The molecule has 6 nitrogen and oxygen atoms in total. The molecule has 0 fully saturated rings. The molecule has 0 aliphatic heterocycles. The summed E-state index contributed by atoms with van der Waals surface area (Å²) in [6.07, 6.45) is 0.884. The highest BCUT2D eigenvalue weighted by Crippen LogP contribution is 2.04. The van der Waals surface area contributed by atoms with Crippen molar-refractivity contribution in [1.82, 2.24) is 15.5 Å². The van der Waals surface area contributed by atoms with Gasteiger partial charge in [0.05, 0.1) is 5.56 Å². The minimum absolute atomic E-state index is 0.218. The molecule has 0 saturated carbocycles. The summed E-state index contributed by atoms with van der Waals surface area (Å²) >= 11 is 0. The van der Waals surface area contributed by atoms with Gasteiger partial charge in [-0.15, -0.1) is 0 Å². The molecule has 20 heavy (non-hydrogen) atoms. The number of aromatic carboxylic acids is 1. The standard InChI is InChI=1S/C14H21N3O3/c1-17(2)8-4-7-15-14(20)16-10-11-5-3-6-12(9-11)13(18)19/h3,5-6,9H,4,7-8,10H2,1-2H3,(H,18,19)(H2,15,16,20). The fraction of sp³-hybridized carbons (Fsp3) is 0.429. The molecule has 0 saturated heterocycles. The van der Waals surface area contributed by atoms with Crippen LogP contribution in [0.4, 0.5) is 4.79 Å². The number of carbonyl (C=O) groups is 2. The molecule has 0 aliphatic rings. The lowest BCUT2D eigenvalue weighted by molar-refractivity contribution is 0.0696. The second kappa shape index (κ2) is 8.16. The van der Waals surface area contributed by atoms with Crippen molar-refractivity contribution in [2.24, 2.45) is 0 Å². The fourth-order valence-corrected chi connectivity index (χ4v) is 1.66. The first kappa shape index (κ1) is 16.0. The van der Waals surface area contributed by atoms with E-state index >= 15 is 0 Å². The van der Waals surface area contributed by atoms with E-state index in [-0.39, 0.29) is 11.6 Å². The number of urea groups is 1. The first-order valence-corrected chi connectivity index (χ1v) is 6.47. The Kier molecular flexibility index (Phi) is 6.52. The molecular formula is C14H21N3O3. The van der Waals surface area contributed by atoms with Crippen molar-refractivity contribution in [3.63, 3.8) is 0 Å². The van der Waals surface area contributed by atoms with E-state index in [2.05, 4.69) is 15.5 Å². The highest BCUT2D eigenvalue weighted by atomic mass is 16.4. The number of carbonyl (C=O) groups excluding carboxylic acids is 1. The van der Waals surface area contributed by atoms with Gasteiger partial charge in [-0.05, 0) is 44.8 Å². The summed E-state index contributed by atoms with van der Waals surface area (Å²) in [6.45, 7) is 1.83. The highest BCUT2D eigenvalue weighted by Gasteiger charge is 2.04. The molecule has 2 amide bonds. The van der Waals surface area contributed by atoms with Gasteiger partial charge in [-0.2, -0.15) is 0 Å². The number of benzene rings is 1. The first-order valence-electron chi connectivity index (χ1n) is 6.47. The van der Waals surface area contributed by atoms with Gasteiger partial charge in [0.1, 0.15) is 0 Å². The van der Waals surface area contributed by atoms with Crippen LogP contribution in [0.3, 0.4) is 0 Å². The van der Waals surface area contributed by atoms with E-state index in [9.17, 15) is 9.59 Å². The molecule has 0 bridgehead atoms. The van der Waals surface area contributed by atoms with E-state index in [1.807, 2.05) is 14.1 Å². The topological polar surface area (TPSA) is 81.7 Å². The van der Waals surface area contributed by atoms with Crippen LogP contribution in [0, 0.1) is 0 Å². The van der Waals surface area contributed by atoms with E-state index in [0.29, 0.717) is 13.1 Å². The van der Waals surface area contributed by atoms with Crippen LogP contribution >= 0.6 is 0 Å². The number of carboxylic acid groups (broad SMARTS) is 1. The number of hydrogen-bond donors (Lipinski definition) is 3. The zero-order chi connectivity index (χ0) is 15.0. The Morgan fingerprint density at radius 3 is 2.65 bits per heavy atom. The fourth-order valence-electron chi connectivity index (χ4n) is 1.66. The van der Waals surface area contributed by atoms with Crippen LogP contribution in [0.25, 0.3) is 0 Å². The van der Waals surface area contributed by atoms with E-state index < -0.39 is 5.97 Å². The third kappa shape index (κ3) is 6.19. The van der Waals surface area contributed by atoms with Gasteiger partial charge in [-0.3, -0.25) is 0 Å². The van der Waals surface area contributed by atoms with E-state index in [0.717, 1.165) is 18.5 Å². The molecule has 1 aromatic rings. The lowest BCUT2D eigenvalue weighted by Gasteiger charge is -2.10. The first-order chi connectivity index (χ1) is 9.49. The molecule has 6 heteroatoms. The molecule has 1 aromatic carbocycles. The van der Waals surface area contributed by atoms with Crippen molar-refractivity contribution in [2.75, 3.05) is 27.2 Å². The number of carboxylic acids is 1.